The Bertz CT molecular complexity index is 335. The molecule has 0 aliphatic rings. The van der Waals surface area contributed by atoms with Gasteiger partial charge < -0.3 is 15.4 Å². The molecule has 0 fully saturated rings. The van der Waals surface area contributed by atoms with Crippen molar-refractivity contribution in [3.05, 3.63) is 6.33 Å². The third-order valence-electron chi connectivity index (χ3n) is 2.31. The number of hydrogen-bond donors (Lipinski definition) is 2. The lowest BCUT2D eigenvalue weighted by atomic mass is 10.3. The first-order valence-corrected chi connectivity index (χ1v) is 7.02. The third kappa shape index (κ3) is 4.30. The zero-order valence-corrected chi connectivity index (χ0v) is 11.4. The Morgan fingerprint density at radius 3 is 2.71 bits per heavy atom. The summed E-state index contributed by atoms with van der Waals surface area (Å²) in [6.07, 6.45) is 5.99. The van der Waals surface area contributed by atoms with Crippen molar-refractivity contribution in [2.45, 2.75) is 12.8 Å². The van der Waals surface area contributed by atoms with Gasteiger partial charge in [0.05, 0.1) is 7.11 Å². The van der Waals surface area contributed by atoms with Crippen LogP contribution in [-0.2, 0) is 0 Å². The minimum Gasteiger partial charge on any atom is -0.490 e. The molecule has 0 radical (unpaired) electrons. The summed E-state index contributed by atoms with van der Waals surface area (Å²) in [7, 11) is 3.44. The smallest absolute Gasteiger partial charge is 0.204 e. The molecular weight excluding hydrogens is 236 g/mol. The quantitative estimate of drug-likeness (QED) is 0.695. The van der Waals surface area contributed by atoms with Gasteiger partial charge in [0.15, 0.2) is 11.6 Å². The van der Waals surface area contributed by atoms with Gasteiger partial charge in [0.1, 0.15) is 6.33 Å². The SMILES string of the molecule is CNc1ncnc(NCCCCSC)c1OC. The van der Waals surface area contributed by atoms with E-state index in [0.29, 0.717) is 11.6 Å². The number of methoxy groups -OCH3 is 1. The minimum atomic E-state index is 0.667. The molecule has 0 saturated carbocycles. The highest BCUT2D eigenvalue weighted by atomic mass is 32.2. The Kier molecular flexibility index (Phi) is 6.54. The van der Waals surface area contributed by atoms with E-state index in [1.165, 1.54) is 18.5 Å². The molecule has 0 saturated heterocycles. The predicted molar refractivity (Wildman–Crippen MR) is 74.2 cm³/mol. The lowest BCUT2D eigenvalue weighted by molar-refractivity contribution is 0.415. The largest absolute Gasteiger partial charge is 0.490 e. The normalized spacial score (nSPS) is 10.1. The molecule has 0 bridgehead atoms. The molecule has 0 spiro atoms. The molecule has 5 nitrogen and oxygen atoms in total. The first-order chi connectivity index (χ1) is 8.33. The highest BCUT2D eigenvalue weighted by Gasteiger charge is 2.09. The van der Waals surface area contributed by atoms with Crippen molar-refractivity contribution in [1.29, 1.82) is 0 Å². The fourth-order valence-electron chi connectivity index (χ4n) is 1.45. The van der Waals surface area contributed by atoms with Gasteiger partial charge in [-0.1, -0.05) is 0 Å². The molecule has 1 aromatic rings. The fourth-order valence-corrected chi connectivity index (χ4v) is 1.94. The predicted octanol–water partition coefficient (Wildman–Crippen LogP) is 2.08. The van der Waals surface area contributed by atoms with Crippen LogP contribution >= 0.6 is 11.8 Å². The van der Waals surface area contributed by atoms with Gasteiger partial charge in [0, 0.05) is 13.6 Å². The summed E-state index contributed by atoms with van der Waals surface area (Å²) in [6.45, 7) is 0.900. The maximum atomic E-state index is 5.29. The first-order valence-electron chi connectivity index (χ1n) is 5.63. The van der Waals surface area contributed by atoms with E-state index in [0.717, 1.165) is 18.8 Å². The van der Waals surface area contributed by atoms with Crippen molar-refractivity contribution in [2.75, 3.05) is 43.3 Å². The summed E-state index contributed by atoms with van der Waals surface area (Å²) < 4.78 is 5.29. The number of ether oxygens (including phenoxy) is 1. The molecule has 6 heteroatoms. The van der Waals surface area contributed by atoms with Crippen LogP contribution in [0.4, 0.5) is 11.6 Å². The highest BCUT2D eigenvalue weighted by Crippen LogP contribution is 2.28. The maximum absolute atomic E-state index is 5.29. The van der Waals surface area contributed by atoms with Gasteiger partial charge in [-0.25, -0.2) is 9.97 Å². The summed E-state index contributed by atoms with van der Waals surface area (Å²) in [4.78, 5) is 8.28. The van der Waals surface area contributed by atoms with Crippen molar-refractivity contribution in [2.24, 2.45) is 0 Å². The Morgan fingerprint density at radius 2 is 2.06 bits per heavy atom. The van der Waals surface area contributed by atoms with Gasteiger partial charge in [0.25, 0.3) is 0 Å². The van der Waals surface area contributed by atoms with E-state index in [-0.39, 0.29) is 0 Å². The zero-order chi connectivity index (χ0) is 12.5. The van der Waals surface area contributed by atoms with Crippen LogP contribution in [0.3, 0.4) is 0 Å². The number of rotatable bonds is 8. The maximum Gasteiger partial charge on any atom is 0.204 e. The number of aromatic nitrogens is 2. The van der Waals surface area contributed by atoms with E-state index >= 15 is 0 Å². The van der Waals surface area contributed by atoms with Gasteiger partial charge in [-0.3, -0.25) is 0 Å². The molecule has 0 aromatic carbocycles. The summed E-state index contributed by atoms with van der Waals surface area (Å²) >= 11 is 1.87. The molecule has 2 N–H and O–H groups in total. The fraction of sp³-hybridized carbons (Fsp3) is 0.636. The van der Waals surface area contributed by atoms with E-state index in [1.54, 1.807) is 7.11 Å². The summed E-state index contributed by atoms with van der Waals surface area (Å²) in [5.41, 5.74) is 0. The number of unbranched alkanes of at least 4 members (excludes halogenated alkanes) is 1. The standard InChI is InChI=1S/C11H20N4OS/c1-12-10-9(16-2)11(15-8-14-10)13-6-4-5-7-17-3/h8H,4-7H2,1-3H3,(H2,12,13,14,15). The van der Waals surface area contributed by atoms with E-state index in [9.17, 15) is 0 Å². The van der Waals surface area contributed by atoms with Crippen LogP contribution < -0.4 is 15.4 Å². The lowest BCUT2D eigenvalue weighted by Gasteiger charge is -2.12. The Balaban J connectivity index is 2.52. The van der Waals surface area contributed by atoms with Crippen molar-refractivity contribution in [3.63, 3.8) is 0 Å². The van der Waals surface area contributed by atoms with Gasteiger partial charge in [-0.05, 0) is 24.9 Å². The first kappa shape index (κ1) is 13.9. The molecule has 0 amide bonds. The van der Waals surface area contributed by atoms with E-state index < -0.39 is 0 Å². The highest BCUT2D eigenvalue weighted by molar-refractivity contribution is 7.98. The number of thioether (sulfide) groups is 1. The van der Waals surface area contributed by atoms with Crippen LogP contribution in [0.5, 0.6) is 5.75 Å². The molecule has 1 aromatic heterocycles. The van der Waals surface area contributed by atoms with Crippen molar-refractivity contribution >= 4 is 23.4 Å². The number of anilines is 2. The van der Waals surface area contributed by atoms with Crippen molar-refractivity contribution in [3.8, 4) is 5.75 Å². The van der Waals surface area contributed by atoms with E-state index in [2.05, 4.69) is 26.9 Å². The second-order valence-corrected chi connectivity index (χ2v) is 4.47. The molecule has 0 aliphatic carbocycles. The average Bonchev–Trinajstić information content (AvgIpc) is 2.38. The topological polar surface area (TPSA) is 59.1 Å². The second kappa shape index (κ2) is 8.00. The van der Waals surface area contributed by atoms with Gasteiger partial charge in [-0.2, -0.15) is 11.8 Å². The zero-order valence-electron chi connectivity index (χ0n) is 10.6. The molecular formula is C11H20N4OS. The average molecular weight is 256 g/mol. The molecule has 0 unspecified atom stereocenters. The van der Waals surface area contributed by atoms with E-state index in [4.69, 9.17) is 4.74 Å². The number of nitrogens with one attached hydrogen (secondary N) is 2. The Morgan fingerprint density at radius 1 is 1.29 bits per heavy atom. The van der Waals surface area contributed by atoms with Gasteiger partial charge >= 0.3 is 0 Å². The molecule has 96 valence electrons. The Hall–Kier alpha value is -1.17. The molecule has 1 heterocycles. The van der Waals surface area contributed by atoms with Crippen LogP contribution in [0.2, 0.25) is 0 Å². The number of nitrogens with zero attached hydrogens (tertiary/aromatic N) is 2. The third-order valence-corrected chi connectivity index (χ3v) is 3.01. The molecule has 0 atom stereocenters. The van der Waals surface area contributed by atoms with Crippen molar-refractivity contribution < 1.29 is 4.74 Å². The second-order valence-electron chi connectivity index (χ2n) is 3.48. The molecule has 0 aliphatic heterocycles. The number of hydrogen-bond acceptors (Lipinski definition) is 6. The summed E-state index contributed by atoms with van der Waals surface area (Å²) in [6, 6.07) is 0. The van der Waals surface area contributed by atoms with Gasteiger partial charge in [0.2, 0.25) is 5.75 Å². The van der Waals surface area contributed by atoms with Crippen molar-refractivity contribution in [1.82, 2.24) is 9.97 Å². The lowest BCUT2D eigenvalue weighted by Crippen LogP contribution is -2.08. The van der Waals surface area contributed by atoms with Crippen LogP contribution in [0.25, 0.3) is 0 Å². The summed E-state index contributed by atoms with van der Waals surface area (Å²) in [5.74, 6) is 3.31. The molecule has 1 rings (SSSR count). The van der Waals surface area contributed by atoms with E-state index in [1.807, 2.05) is 18.8 Å². The summed E-state index contributed by atoms with van der Waals surface area (Å²) in [5, 5.41) is 6.25. The van der Waals surface area contributed by atoms with Crippen LogP contribution in [0, 0.1) is 0 Å². The molecule has 17 heavy (non-hydrogen) atoms. The van der Waals surface area contributed by atoms with Gasteiger partial charge in [-0.15, -0.1) is 0 Å². The van der Waals surface area contributed by atoms with Crippen LogP contribution in [0.15, 0.2) is 6.33 Å². The van der Waals surface area contributed by atoms with Crippen LogP contribution in [-0.4, -0.2) is 42.7 Å². The Labute approximate surface area is 107 Å². The minimum absolute atomic E-state index is 0.667. The van der Waals surface area contributed by atoms with Crippen LogP contribution in [0.1, 0.15) is 12.8 Å². The monoisotopic (exact) mass is 256 g/mol.